The maximum absolute atomic E-state index is 11.6. The number of esters is 1. The van der Waals surface area contributed by atoms with Crippen LogP contribution in [0.1, 0.15) is 33.0 Å². The van der Waals surface area contributed by atoms with Crippen LogP contribution < -0.4 is 10.6 Å². The highest BCUT2D eigenvalue weighted by Crippen LogP contribution is 2.13. The molecule has 0 aromatic carbocycles. The quantitative estimate of drug-likeness (QED) is 0.672. The molecule has 0 saturated carbocycles. The van der Waals surface area contributed by atoms with Crippen molar-refractivity contribution in [1.29, 1.82) is 0 Å². The van der Waals surface area contributed by atoms with Gasteiger partial charge in [-0.2, -0.15) is 0 Å². The summed E-state index contributed by atoms with van der Waals surface area (Å²) in [6.07, 6.45) is 0.992. The highest BCUT2D eigenvalue weighted by atomic mass is 16.5. The summed E-state index contributed by atoms with van der Waals surface area (Å²) < 4.78 is 10.0. The molecular formula is C14H24N4O3. The number of ether oxygens (including phenoxy) is 2. The molecule has 1 heterocycles. The van der Waals surface area contributed by atoms with Crippen LogP contribution >= 0.6 is 0 Å². The molecule has 1 aromatic heterocycles. The summed E-state index contributed by atoms with van der Waals surface area (Å²) in [4.78, 5) is 20.3. The van der Waals surface area contributed by atoms with Crippen molar-refractivity contribution in [3.05, 3.63) is 11.9 Å². The Morgan fingerprint density at radius 2 is 2.05 bits per heavy atom. The number of methoxy groups -OCH3 is 1. The summed E-state index contributed by atoms with van der Waals surface area (Å²) in [6, 6.07) is 1.29. The molecule has 2 N–H and O–H groups in total. The molecule has 0 spiro atoms. The molecule has 7 heteroatoms. The minimum absolute atomic E-state index is 0.310. The molecule has 0 bridgehead atoms. The van der Waals surface area contributed by atoms with Crippen LogP contribution in [0.2, 0.25) is 0 Å². The van der Waals surface area contributed by atoms with Gasteiger partial charge in [-0.3, -0.25) is 0 Å². The zero-order valence-electron chi connectivity index (χ0n) is 13.1. The summed E-state index contributed by atoms with van der Waals surface area (Å²) in [5.41, 5.74) is 0. The van der Waals surface area contributed by atoms with Crippen LogP contribution in [0.3, 0.4) is 0 Å². The van der Waals surface area contributed by atoms with Gasteiger partial charge in [0.2, 0.25) is 0 Å². The lowest BCUT2D eigenvalue weighted by molar-refractivity contribution is -0.143. The van der Waals surface area contributed by atoms with E-state index in [-0.39, 0.29) is 5.97 Å². The molecular weight excluding hydrogens is 272 g/mol. The van der Waals surface area contributed by atoms with E-state index in [1.54, 1.807) is 27.0 Å². The van der Waals surface area contributed by atoms with Gasteiger partial charge in [0, 0.05) is 19.7 Å². The van der Waals surface area contributed by atoms with E-state index < -0.39 is 6.04 Å². The average Bonchev–Trinajstić information content (AvgIpc) is 2.45. The van der Waals surface area contributed by atoms with Crippen LogP contribution in [-0.2, 0) is 20.9 Å². The first-order chi connectivity index (χ1) is 10.1. The fraction of sp³-hybridized carbons (Fsp3) is 0.643. The number of rotatable bonds is 9. The van der Waals surface area contributed by atoms with Crippen molar-refractivity contribution in [2.45, 2.75) is 39.8 Å². The smallest absolute Gasteiger partial charge is 0.328 e. The van der Waals surface area contributed by atoms with Gasteiger partial charge in [0.05, 0.1) is 6.61 Å². The van der Waals surface area contributed by atoms with Crippen molar-refractivity contribution < 1.29 is 14.3 Å². The standard InChI is InChI=1S/C14H24N4O3/c1-5-7-15-11-8-12(18-13(17-11)9-20-4)16-10(3)14(19)21-6-2/h8,10H,5-7,9H2,1-4H3,(H2,15,16,17,18). The number of anilines is 2. The van der Waals surface area contributed by atoms with Gasteiger partial charge in [0.1, 0.15) is 24.3 Å². The molecule has 21 heavy (non-hydrogen) atoms. The second-order valence-corrected chi connectivity index (χ2v) is 4.53. The Labute approximate surface area is 125 Å². The third-order valence-electron chi connectivity index (χ3n) is 2.61. The largest absolute Gasteiger partial charge is 0.464 e. The Morgan fingerprint density at radius 3 is 2.67 bits per heavy atom. The van der Waals surface area contributed by atoms with E-state index in [1.807, 2.05) is 0 Å². The lowest BCUT2D eigenvalue weighted by Crippen LogP contribution is -2.28. The molecule has 1 atom stereocenters. The lowest BCUT2D eigenvalue weighted by atomic mass is 10.3. The number of nitrogens with one attached hydrogen (secondary N) is 2. The van der Waals surface area contributed by atoms with E-state index >= 15 is 0 Å². The van der Waals surface area contributed by atoms with E-state index in [4.69, 9.17) is 9.47 Å². The zero-order valence-corrected chi connectivity index (χ0v) is 13.1. The van der Waals surface area contributed by atoms with Crippen LogP contribution in [0.4, 0.5) is 11.6 Å². The van der Waals surface area contributed by atoms with Gasteiger partial charge in [-0.25, -0.2) is 14.8 Å². The molecule has 0 amide bonds. The minimum Gasteiger partial charge on any atom is -0.464 e. The maximum atomic E-state index is 11.6. The fourth-order valence-electron chi connectivity index (χ4n) is 1.66. The fourth-order valence-corrected chi connectivity index (χ4v) is 1.66. The van der Waals surface area contributed by atoms with Gasteiger partial charge in [-0.05, 0) is 20.3 Å². The number of hydrogen-bond acceptors (Lipinski definition) is 7. The first-order valence-electron chi connectivity index (χ1n) is 7.14. The average molecular weight is 296 g/mol. The third kappa shape index (κ3) is 5.95. The topological polar surface area (TPSA) is 85.4 Å². The Hall–Kier alpha value is -1.89. The predicted octanol–water partition coefficient (Wildman–Crippen LogP) is 1.81. The van der Waals surface area contributed by atoms with E-state index in [1.165, 1.54) is 0 Å². The lowest BCUT2D eigenvalue weighted by Gasteiger charge is -2.15. The Morgan fingerprint density at radius 1 is 1.33 bits per heavy atom. The normalized spacial score (nSPS) is 11.8. The van der Waals surface area contributed by atoms with Crippen LogP contribution in [0.15, 0.2) is 6.07 Å². The molecule has 1 aromatic rings. The zero-order chi connectivity index (χ0) is 15.7. The maximum Gasteiger partial charge on any atom is 0.328 e. The first-order valence-corrected chi connectivity index (χ1v) is 7.14. The molecule has 7 nitrogen and oxygen atoms in total. The second kappa shape index (κ2) is 9.12. The van der Waals surface area contributed by atoms with Crippen molar-refractivity contribution in [3.8, 4) is 0 Å². The number of carbonyl (C=O) groups is 1. The van der Waals surface area contributed by atoms with Gasteiger partial charge in [-0.15, -0.1) is 0 Å². The number of hydrogen-bond donors (Lipinski definition) is 2. The molecule has 118 valence electrons. The van der Waals surface area contributed by atoms with Gasteiger partial charge < -0.3 is 20.1 Å². The minimum atomic E-state index is -0.478. The monoisotopic (exact) mass is 296 g/mol. The Kier molecular flexibility index (Phi) is 7.45. The summed E-state index contributed by atoms with van der Waals surface area (Å²) in [5.74, 6) is 1.51. The summed E-state index contributed by atoms with van der Waals surface area (Å²) in [6.45, 7) is 7.06. The molecule has 0 aliphatic heterocycles. The Bertz CT molecular complexity index is 454. The van der Waals surface area contributed by atoms with Crippen molar-refractivity contribution in [1.82, 2.24) is 9.97 Å². The van der Waals surface area contributed by atoms with Crippen molar-refractivity contribution in [3.63, 3.8) is 0 Å². The van der Waals surface area contributed by atoms with Crippen molar-refractivity contribution in [2.24, 2.45) is 0 Å². The van der Waals surface area contributed by atoms with Crippen LogP contribution in [-0.4, -0.2) is 42.2 Å². The van der Waals surface area contributed by atoms with E-state index in [2.05, 4.69) is 27.5 Å². The van der Waals surface area contributed by atoms with Gasteiger partial charge >= 0.3 is 5.97 Å². The van der Waals surface area contributed by atoms with Crippen LogP contribution in [0.5, 0.6) is 0 Å². The molecule has 0 aliphatic carbocycles. The van der Waals surface area contributed by atoms with Crippen LogP contribution in [0.25, 0.3) is 0 Å². The summed E-state index contributed by atoms with van der Waals surface area (Å²) >= 11 is 0. The first kappa shape index (κ1) is 17.2. The van der Waals surface area contributed by atoms with Gasteiger partial charge in [-0.1, -0.05) is 6.92 Å². The van der Waals surface area contributed by atoms with Crippen molar-refractivity contribution >= 4 is 17.6 Å². The van der Waals surface area contributed by atoms with E-state index in [0.29, 0.717) is 30.7 Å². The van der Waals surface area contributed by atoms with E-state index in [9.17, 15) is 4.79 Å². The SMILES string of the molecule is CCCNc1cc(NC(C)C(=O)OCC)nc(COC)n1. The van der Waals surface area contributed by atoms with Crippen molar-refractivity contribution in [2.75, 3.05) is 30.9 Å². The number of aromatic nitrogens is 2. The molecule has 0 aliphatic rings. The number of nitrogens with zero attached hydrogens (tertiary/aromatic N) is 2. The van der Waals surface area contributed by atoms with E-state index in [0.717, 1.165) is 13.0 Å². The second-order valence-electron chi connectivity index (χ2n) is 4.53. The highest BCUT2D eigenvalue weighted by Gasteiger charge is 2.15. The number of carbonyl (C=O) groups excluding carboxylic acids is 1. The predicted molar refractivity (Wildman–Crippen MR) is 81.2 cm³/mol. The molecule has 1 rings (SSSR count). The molecule has 1 unspecified atom stereocenters. The highest BCUT2D eigenvalue weighted by molar-refractivity contribution is 5.78. The van der Waals surface area contributed by atoms with Crippen LogP contribution in [0, 0.1) is 0 Å². The molecule has 0 saturated heterocycles. The third-order valence-corrected chi connectivity index (χ3v) is 2.61. The molecule has 0 fully saturated rings. The molecule has 0 radical (unpaired) electrons. The Balaban J connectivity index is 2.83. The summed E-state index contributed by atoms with van der Waals surface area (Å²) in [7, 11) is 1.59. The summed E-state index contributed by atoms with van der Waals surface area (Å²) in [5, 5.41) is 6.22. The van der Waals surface area contributed by atoms with Gasteiger partial charge in [0.25, 0.3) is 0 Å². The van der Waals surface area contributed by atoms with Gasteiger partial charge in [0.15, 0.2) is 5.82 Å².